The third-order valence-corrected chi connectivity index (χ3v) is 2.88. The second kappa shape index (κ2) is 4.58. The van der Waals surface area contributed by atoms with Crippen LogP contribution in [0.4, 0.5) is 0 Å². The van der Waals surface area contributed by atoms with Gasteiger partial charge in [0.15, 0.2) is 0 Å². The topological polar surface area (TPSA) is 0 Å². The molecule has 0 saturated carbocycles. The maximum absolute atomic E-state index is 4.05. The molecule has 0 aliphatic rings. The predicted octanol–water partition coefficient (Wildman–Crippen LogP) is 4.17. The molecule has 0 heteroatoms. The van der Waals surface area contributed by atoms with Crippen molar-refractivity contribution in [2.24, 2.45) is 5.41 Å². The van der Waals surface area contributed by atoms with Gasteiger partial charge in [0.1, 0.15) is 0 Å². The van der Waals surface area contributed by atoms with Crippen LogP contribution in [0.3, 0.4) is 0 Å². The average molecular weight is 154 g/mol. The van der Waals surface area contributed by atoms with Crippen molar-refractivity contribution in [2.45, 2.75) is 53.4 Å². The van der Waals surface area contributed by atoms with Gasteiger partial charge >= 0.3 is 0 Å². The number of hydrogen-bond acceptors (Lipinski definition) is 0. The SMILES string of the molecule is C=C(CC)CC(C)(CC)CC. The molecule has 0 aromatic rings. The van der Waals surface area contributed by atoms with Crippen molar-refractivity contribution in [3.05, 3.63) is 12.2 Å². The van der Waals surface area contributed by atoms with E-state index in [0.29, 0.717) is 5.41 Å². The van der Waals surface area contributed by atoms with Crippen LogP contribution in [0.15, 0.2) is 12.2 Å². The van der Waals surface area contributed by atoms with E-state index in [9.17, 15) is 0 Å². The lowest BCUT2D eigenvalue weighted by Gasteiger charge is -2.27. The van der Waals surface area contributed by atoms with E-state index in [2.05, 4.69) is 34.3 Å². The van der Waals surface area contributed by atoms with Gasteiger partial charge in [-0.2, -0.15) is 0 Å². The molecule has 0 nitrogen and oxygen atoms in total. The van der Waals surface area contributed by atoms with E-state index >= 15 is 0 Å². The summed E-state index contributed by atoms with van der Waals surface area (Å²) in [5.41, 5.74) is 1.91. The molecule has 0 aromatic heterocycles. The van der Waals surface area contributed by atoms with Crippen molar-refractivity contribution in [1.29, 1.82) is 0 Å². The molecule has 0 rings (SSSR count). The molecule has 0 aliphatic heterocycles. The van der Waals surface area contributed by atoms with Gasteiger partial charge in [-0.1, -0.05) is 52.7 Å². The zero-order valence-corrected chi connectivity index (χ0v) is 8.54. The minimum atomic E-state index is 0.507. The average Bonchev–Trinajstić information content (AvgIpc) is 2.04. The Morgan fingerprint density at radius 2 is 1.64 bits per heavy atom. The smallest absolute Gasteiger partial charge is 0.0269 e. The first kappa shape index (κ1) is 10.7. The largest absolute Gasteiger partial charge is 0.0999 e. The van der Waals surface area contributed by atoms with Gasteiger partial charge in [0.2, 0.25) is 0 Å². The summed E-state index contributed by atoms with van der Waals surface area (Å²) in [4.78, 5) is 0. The molecule has 0 fully saturated rings. The highest BCUT2D eigenvalue weighted by Gasteiger charge is 2.19. The molecular weight excluding hydrogens is 132 g/mol. The Hall–Kier alpha value is -0.260. The van der Waals surface area contributed by atoms with Crippen molar-refractivity contribution in [3.8, 4) is 0 Å². The summed E-state index contributed by atoms with van der Waals surface area (Å²) < 4.78 is 0. The molecule has 0 heterocycles. The maximum Gasteiger partial charge on any atom is -0.0269 e. The van der Waals surface area contributed by atoms with Crippen LogP contribution in [-0.2, 0) is 0 Å². The van der Waals surface area contributed by atoms with E-state index in [4.69, 9.17) is 0 Å². The van der Waals surface area contributed by atoms with E-state index in [-0.39, 0.29) is 0 Å². The number of allylic oxidation sites excluding steroid dienone is 1. The van der Waals surface area contributed by atoms with Crippen LogP contribution < -0.4 is 0 Å². The number of rotatable bonds is 5. The predicted molar refractivity (Wildman–Crippen MR) is 52.7 cm³/mol. The van der Waals surface area contributed by atoms with Gasteiger partial charge in [-0.05, 0) is 18.3 Å². The Kier molecular flexibility index (Phi) is 4.48. The quantitative estimate of drug-likeness (QED) is 0.521. The summed E-state index contributed by atoms with van der Waals surface area (Å²) in [5.74, 6) is 0. The van der Waals surface area contributed by atoms with Gasteiger partial charge in [-0.25, -0.2) is 0 Å². The summed E-state index contributed by atoms with van der Waals surface area (Å²) in [6, 6.07) is 0. The van der Waals surface area contributed by atoms with Crippen LogP contribution in [0, 0.1) is 5.41 Å². The highest BCUT2D eigenvalue weighted by molar-refractivity contribution is 4.97. The number of hydrogen-bond donors (Lipinski definition) is 0. The lowest BCUT2D eigenvalue weighted by Crippen LogP contribution is -2.14. The van der Waals surface area contributed by atoms with Crippen LogP contribution in [0.1, 0.15) is 53.4 Å². The first-order valence-corrected chi connectivity index (χ1v) is 4.74. The molecule has 0 bridgehead atoms. The van der Waals surface area contributed by atoms with Crippen molar-refractivity contribution in [1.82, 2.24) is 0 Å². The van der Waals surface area contributed by atoms with Gasteiger partial charge in [0.05, 0.1) is 0 Å². The Labute approximate surface area is 71.7 Å². The lowest BCUT2D eigenvalue weighted by molar-refractivity contribution is 0.293. The molecule has 0 spiro atoms. The highest BCUT2D eigenvalue weighted by atomic mass is 14.2. The fraction of sp³-hybridized carbons (Fsp3) is 0.818. The van der Waals surface area contributed by atoms with Crippen LogP contribution in [-0.4, -0.2) is 0 Å². The second-order valence-electron chi connectivity index (χ2n) is 3.80. The molecular formula is C11H22. The first-order chi connectivity index (χ1) is 5.08. The fourth-order valence-electron chi connectivity index (χ4n) is 1.23. The Balaban J connectivity index is 3.96. The van der Waals surface area contributed by atoms with E-state index in [0.717, 1.165) is 6.42 Å². The molecule has 0 aliphatic carbocycles. The minimum absolute atomic E-state index is 0.507. The summed E-state index contributed by atoms with van der Waals surface area (Å²) in [6.45, 7) is 13.1. The van der Waals surface area contributed by atoms with E-state index in [1.165, 1.54) is 24.8 Å². The summed E-state index contributed by atoms with van der Waals surface area (Å²) in [6.07, 6.45) is 4.87. The van der Waals surface area contributed by atoms with Gasteiger partial charge in [-0.15, -0.1) is 0 Å². The molecule has 0 unspecified atom stereocenters. The van der Waals surface area contributed by atoms with Gasteiger partial charge in [-0.3, -0.25) is 0 Å². The van der Waals surface area contributed by atoms with E-state index < -0.39 is 0 Å². The molecule has 11 heavy (non-hydrogen) atoms. The van der Waals surface area contributed by atoms with Gasteiger partial charge in [0, 0.05) is 0 Å². The molecule has 0 amide bonds. The second-order valence-corrected chi connectivity index (χ2v) is 3.80. The third kappa shape index (κ3) is 3.60. The normalized spacial score (nSPS) is 11.6. The fourth-order valence-corrected chi connectivity index (χ4v) is 1.23. The standard InChI is InChI=1S/C11H22/c1-6-10(4)9-11(5,7-2)8-3/h4,6-9H2,1-3,5H3. The van der Waals surface area contributed by atoms with Crippen molar-refractivity contribution in [3.63, 3.8) is 0 Å². The lowest BCUT2D eigenvalue weighted by atomic mass is 9.79. The van der Waals surface area contributed by atoms with E-state index in [1.807, 2.05) is 0 Å². The molecule has 0 radical (unpaired) electrons. The molecule has 66 valence electrons. The molecule has 0 saturated heterocycles. The summed E-state index contributed by atoms with van der Waals surface area (Å²) in [5, 5.41) is 0. The van der Waals surface area contributed by atoms with E-state index in [1.54, 1.807) is 0 Å². The third-order valence-electron chi connectivity index (χ3n) is 2.88. The summed E-state index contributed by atoms with van der Waals surface area (Å²) in [7, 11) is 0. The Morgan fingerprint density at radius 3 is 1.91 bits per heavy atom. The van der Waals surface area contributed by atoms with Crippen LogP contribution >= 0.6 is 0 Å². The monoisotopic (exact) mass is 154 g/mol. The Morgan fingerprint density at radius 1 is 1.18 bits per heavy atom. The zero-order chi connectivity index (χ0) is 8.91. The zero-order valence-electron chi connectivity index (χ0n) is 8.54. The Bertz CT molecular complexity index is 118. The minimum Gasteiger partial charge on any atom is -0.0999 e. The van der Waals surface area contributed by atoms with Gasteiger partial charge < -0.3 is 0 Å². The van der Waals surface area contributed by atoms with Crippen molar-refractivity contribution in [2.75, 3.05) is 0 Å². The van der Waals surface area contributed by atoms with Crippen LogP contribution in [0.5, 0.6) is 0 Å². The van der Waals surface area contributed by atoms with Crippen molar-refractivity contribution >= 4 is 0 Å². The van der Waals surface area contributed by atoms with Crippen molar-refractivity contribution < 1.29 is 0 Å². The molecule has 0 N–H and O–H groups in total. The summed E-state index contributed by atoms with van der Waals surface area (Å²) >= 11 is 0. The molecule has 0 aromatic carbocycles. The van der Waals surface area contributed by atoms with Gasteiger partial charge in [0.25, 0.3) is 0 Å². The highest BCUT2D eigenvalue weighted by Crippen LogP contribution is 2.33. The first-order valence-electron chi connectivity index (χ1n) is 4.74. The van der Waals surface area contributed by atoms with Crippen LogP contribution in [0.2, 0.25) is 0 Å². The molecule has 0 atom stereocenters. The maximum atomic E-state index is 4.05. The van der Waals surface area contributed by atoms with Crippen LogP contribution in [0.25, 0.3) is 0 Å².